The fourth-order valence-corrected chi connectivity index (χ4v) is 6.46. The second-order valence-corrected chi connectivity index (χ2v) is 11.5. The predicted octanol–water partition coefficient (Wildman–Crippen LogP) is 6.39. The number of Topliss-reactive ketones (excluding diaryl/α,β-unsaturated/α-hetero) is 1. The maximum Gasteiger partial charge on any atom is 0.187 e. The van der Waals surface area contributed by atoms with Crippen LogP contribution in [-0.2, 0) is 12.8 Å². The molecule has 9 heteroatoms. The Morgan fingerprint density at radius 3 is 2.62 bits per heavy atom. The van der Waals surface area contributed by atoms with Crippen molar-refractivity contribution in [2.75, 3.05) is 43.5 Å². The zero-order valence-electron chi connectivity index (χ0n) is 22.6. The number of benzene rings is 2. The van der Waals surface area contributed by atoms with E-state index in [9.17, 15) is 9.18 Å². The normalized spacial score (nSPS) is 16.9. The summed E-state index contributed by atoms with van der Waals surface area (Å²) in [7, 11) is 4.28. The Kier molecular flexibility index (Phi) is 8.40. The second-order valence-electron chi connectivity index (χ2n) is 10.7. The van der Waals surface area contributed by atoms with E-state index in [4.69, 9.17) is 23.2 Å². The van der Waals surface area contributed by atoms with E-state index >= 15 is 0 Å². The van der Waals surface area contributed by atoms with Gasteiger partial charge in [0.1, 0.15) is 11.5 Å². The van der Waals surface area contributed by atoms with E-state index in [0.29, 0.717) is 28.9 Å². The van der Waals surface area contributed by atoms with Crippen LogP contribution in [0.15, 0.2) is 42.5 Å². The van der Waals surface area contributed by atoms with E-state index in [1.165, 1.54) is 12.1 Å². The molecule has 0 spiro atoms. The molecule has 6 nitrogen and oxygen atoms in total. The number of carbonyl (C=O) groups excluding carboxylic acids is 1. The average Bonchev–Trinajstić information content (AvgIpc) is 2.94. The van der Waals surface area contributed by atoms with Crippen LogP contribution in [0, 0.1) is 5.82 Å². The van der Waals surface area contributed by atoms with E-state index in [1.807, 2.05) is 25.1 Å². The number of ketones is 1. The lowest BCUT2D eigenvalue weighted by molar-refractivity contribution is 0.0987. The molecule has 0 aliphatic carbocycles. The molecule has 1 saturated heterocycles. The van der Waals surface area contributed by atoms with Crippen LogP contribution in [0.5, 0.6) is 0 Å². The van der Waals surface area contributed by atoms with Crippen molar-refractivity contribution >= 4 is 40.4 Å². The summed E-state index contributed by atoms with van der Waals surface area (Å²) in [6.45, 7) is 4.66. The molecule has 0 radical (unpaired) electrons. The topological polar surface area (TPSA) is 52.6 Å². The van der Waals surface area contributed by atoms with Gasteiger partial charge in [0.15, 0.2) is 5.78 Å². The number of halogens is 3. The first-order valence-electron chi connectivity index (χ1n) is 13.5. The molecule has 0 saturated carbocycles. The van der Waals surface area contributed by atoms with E-state index in [-0.39, 0.29) is 23.3 Å². The highest BCUT2D eigenvalue weighted by Crippen LogP contribution is 2.39. The lowest BCUT2D eigenvalue weighted by Gasteiger charge is -2.36. The molecule has 0 bridgehead atoms. The van der Waals surface area contributed by atoms with Crippen LogP contribution in [0.3, 0.4) is 0 Å². The highest BCUT2D eigenvalue weighted by atomic mass is 35.5. The highest BCUT2D eigenvalue weighted by Gasteiger charge is 2.29. The summed E-state index contributed by atoms with van der Waals surface area (Å²) in [5, 5.41) is 9.13. The first-order valence-corrected chi connectivity index (χ1v) is 14.3. The number of nitrogens with zero attached hydrogens (tertiary/aromatic N) is 5. The standard InChI is InChI=1S/C30H34Cl2FN5O/c1-19(29-23(31)9-10-24(33)30(29)32)38-13-5-8-25-27(38)18-26(35-34-25)28(39)17-20-6-4-7-22(16-20)37-14-11-21(12-15-37)36(2)3/h4,6-7,9-10,16,18-19,21H,5,8,11-15,17H2,1-3H3/t19-/m1/s1. The smallest absolute Gasteiger partial charge is 0.187 e. The quantitative estimate of drug-likeness (QED) is 0.242. The monoisotopic (exact) mass is 569 g/mol. The first-order chi connectivity index (χ1) is 18.7. The number of anilines is 2. The van der Waals surface area contributed by atoms with E-state index in [1.54, 1.807) is 0 Å². The number of hydrogen-bond donors (Lipinski definition) is 0. The molecule has 2 aliphatic heterocycles. The van der Waals surface area contributed by atoms with Crippen molar-refractivity contribution in [1.29, 1.82) is 0 Å². The first kappa shape index (κ1) is 27.8. The maximum absolute atomic E-state index is 14.3. The van der Waals surface area contributed by atoms with Gasteiger partial charge in [-0.1, -0.05) is 35.3 Å². The number of aryl methyl sites for hydroxylation is 1. The molecule has 3 heterocycles. The molecule has 1 fully saturated rings. The zero-order chi connectivity index (χ0) is 27.7. The number of aromatic nitrogens is 2. The third-order valence-electron chi connectivity index (χ3n) is 8.06. The zero-order valence-corrected chi connectivity index (χ0v) is 24.1. The summed E-state index contributed by atoms with van der Waals surface area (Å²) in [5.41, 5.74) is 4.59. The van der Waals surface area contributed by atoms with Gasteiger partial charge in [-0.2, -0.15) is 5.10 Å². The molecule has 2 aromatic carbocycles. The number of hydrogen-bond acceptors (Lipinski definition) is 6. The molecular formula is C30H34Cl2FN5O. The van der Waals surface area contributed by atoms with Gasteiger partial charge in [-0.05, 0) is 82.6 Å². The molecule has 1 atom stereocenters. The second kappa shape index (κ2) is 11.8. The molecule has 39 heavy (non-hydrogen) atoms. The molecule has 5 rings (SSSR count). The number of fused-ring (bicyclic) bond motifs is 1. The molecule has 0 N–H and O–H groups in total. The fourth-order valence-electron chi connectivity index (χ4n) is 5.77. The molecule has 3 aromatic rings. The van der Waals surface area contributed by atoms with Gasteiger partial charge in [0.25, 0.3) is 0 Å². The van der Waals surface area contributed by atoms with Crippen LogP contribution in [0.2, 0.25) is 10.0 Å². The fraction of sp³-hybridized carbons (Fsp3) is 0.433. The SMILES string of the molecule is C[C@H](c1c(Cl)ccc(F)c1Cl)N1CCCc2nnc(C(=O)Cc3cccc(N4CCC(N(C)C)CC4)c3)cc21. The summed E-state index contributed by atoms with van der Waals surface area (Å²) in [6.07, 6.45) is 4.12. The van der Waals surface area contributed by atoms with Gasteiger partial charge < -0.3 is 14.7 Å². The molecular weight excluding hydrogens is 536 g/mol. The van der Waals surface area contributed by atoms with Gasteiger partial charge in [0.05, 0.1) is 22.4 Å². The van der Waals surface area contributed by atoms with Crippen LogP contribution >= 0.6 is 23.2 Å². The van der Waals surface area contributed by atoms with Gasteiger partial charge in [0, 0.05) is 48.4 Å². The van der Waals surface area contributed by atoms with E-state index < -0.39 is 5.82 Å². The van der Waals surface area contributed by atoms with Crippen LogP contribution in [0.1, 0.15) is 59.5 Å². The van der Waals surface area contributed by atoms with Gasteiger partial charge in [-0.15, -0.1) is 5.10 Å². The number of rotatable bonds is 7. The van der Waals surface area contributed by atoms with Gasteiger partial charge in [0.2, 0.25) is 0 Å². The lowest BCUT2D eigenvalue weighted by Crippen LogP contribution is -2.42. The Morgan fingerprint density at radius 2 is 1.87 bits per heavy atom. The Balaban J connectivity index is 1.34. The van der Waals surface area contributed by atoms with Crippen LogP contribution in [-0.4, -0.2) is 60.7 Å². The van der Waals surface area contributed by atoms with Crippen LogP contribution in [0.4, 0.5) is 15.8 Å². The highest BCUT2D eigenvalue weighted by molar-refractivity contribution is 6.36. The van der Waals surface area contributed by atoms with E-state index in [2.05, 4.69) is 51.1 Å². The number of carbonyl (C=O) groups is 1. The molecule has 1 aromatic heterocycles. The Morgan fingerprint density at radius 1 is 1.10 bits per heavy atom. The minimum atomic E-state index is -0.506. The molecule has 0 unspecified atom stereocenters. The third kappa shape index (κ3) is 5.91. The van der Waals surface area contributed by atoms with Crippen molar-refractivity contribution in [3.63, 3.8) is 0 Å². The summed E-state index contributed by atoms with van der Waals surface area (Å²) < 4.78 is 14.3. The summed E-state index contributed by atoms with van der Waals surface area (Å²) >= 11 is 12.8. The Labute approximate surface area is 239 Å². The van der Waals surface area contributed by atoms with Crippen molar-refractivity contribution in [3.05, 3.63) is 80.8 Å². The van der Waals surface area contributed by atoms with Crippen molar-refractivity contribution < 1.29 is 9.18 Å². The molecule has 206 valence electrons. The Bertz CT molecular complexity index is 1360. The van der Waals surface area contributed by atoms with Crippen LogP contribution < -0.4 is 9.80 Å². The van der Waals surface area contributed by atoms with Crippen molar-refractivity contribution in [3.8, 4) is 0 Å². The molecule has 0 amide bonds. The third-order valence-corrected chi connectivity index (χ3v) is 8.77. The summed E-state index contributed by atoms with van der Waals surface area (Å²) in [6, 6.07) is 13.2. The minimum absolute atomic E-state index is 0.0197. The Hall–Kier alpha value is -2.74. The summed E-state index contributed by atoms with van der Waals surface area (Å²) in [5.74, 6) is -0.595. The average molecular weight is 571 g/mol. The van der Waals surface area contributed by atoms with Crippen LogP contribution in [0.25, 0.3) is 0 Å². The lowest BCUT2D eigenvalue weighted by atomic mass is 9.99. The van der Waals surface area contributed by atoms with Crippen molar-refractivity contribution in [1.82, 2.24) is 15.1 Å². The predicted molar refractivity (Wildman–Crippen MR) is 156 cm³/mol. The van der Waals surface area contributed by atoms with Crippen molar-refractivity contribution in [2.24, 2.45) is 0 Å². The van der Waals surface area contributed by atoms with Gasteiger partial charge >= 0.3 is 0 Å². The summed E-state index contributed by atoms with van der Waals surface area (Å²) in [4.78, 5) is 20.2. The van der Waals surface area contributed by atoms with Gasteiger partial charge in [-0.3, -0.25) is 4.79 Å². The largest absolute Gasteiger partial charge is 0.371 e. The minimum Gasteiger partial charge on any atom is -0.371 e. The van der Waals surface area contributed by atoms with Gasteiger partial charge in [-0.25, -0.2) is 4.39 Å². The molecule has 2 aliphatic rings. The number of piperidine rings is 1. The van der Waals surface area contributed by atoms with Crippen molar-refractivity contribution in [2.45, 2.75) is 51.1 Å². The van der Waals surface area contributed by atoms with E-state index in [0.717, 1.165) is 61.4 Å². The maximum atomic E-state index is 14.3.